The number of esters is 1. The third-order valence-corrected chi connectivity index (χ3v) is 4.50. The van der Waals surface area contributed by atoms with Gasteiger partial charge >= 0.3 is 5.97 Å². The summed E-state index contributed by atoms with van der Waals surface area (Å²) in [5.41, 5.74) is 2.45. The normalized spacial score (nSPS) is 11.9. The molecule has 0 unspecified atom stereocenters. The molecule has 1 aromatic heterocycles. The van der Waals surface area contributed by atoms with E-state index >= 15 is 0 Å². The number of halogens is 2. The van der Waals surface area contributed by atoms with E-state index in [0.717, 1.165) is 0 Å². The predicted molar refractivity (Wildman–Crippen MR) is 96.3 cm³/mol. The van der Waals surface area contributed by atoms with E-state index in [1.165, 1.54) is 0 Å². The van der Waals surface area contributed by atoms with Gasteiger partial charge in [-0.05, 0) is 38.5 Å². The lowest BCUT2D eigenvalue weighted by molar-refractivity contribution is -0.119. The topological polar surface area (TPSA) is 91.4 Å². The van der Waals surface area contributed by atoms with Crippen molar-refractivity contribution >= 4 is 40.8 Å². The summed E-state index contributed by atoms with van der Waals surface area (Å²) in [6.45, 7) is 4.58. The van der Waals surface area contributed by atoms with Gasteiger partial charge in [-0.3, -0.25) is 4.79 Å². The smallest absolute Gasteiger partial charge is 0.355 e. The average Bonchev–Trinajstić information content (AvgIpc) is 2.84. The maximum absolute atomic E-state index is 12.2. The van der Waals surface area contributed by atoms with Crippen LogP contribution in [0, 0.1) is 13.8 Å². The Morgan fingerprint density at radius 2 is 2.00 bits per heavy atom. The van der Waals surface area contributed by atoms with Gasteiger partial charge in [0.25, 0.3) is 5.91 Å². The molecule has 1 heterocycles. The maximum Gasteiger partial charge on any atom is 0.355 e. The molecule has 0 aliphatic heterocycles. The summed E-state index contributed by atoms with van der Waals surface area (Å²) in [6, 6.07) is 4.81. The van der Waals surface area contributed by atoms with Gasteiger partial charge in [-0.1, -0.05) is 29.3 Å². The number of amides is 1. The molecule has 0 radical (unpaired) electrons. The van der Waals surface area contributed by atoms with Crippen molar-refractivity contribution in [2.24, 2.45) is 0 Å². The molecule has 0 bridgehead atoms. The lowest BCUT2D eigenvalue weighted by Crippen LogP contribution is -2.21. The molecule has 134 valence electrons. The van der Waals surface area contributed by atoms with E-state index in [-0.39, 0.29) is 10.7 Å². The van der Waals surface area contributed by atoms with E-state index in [1.807, 2.05) is 0 Å². The Morgan fingerprint density at radius 1 is 1.32 bits per heavy atom. The van der Waals surface area contributed by atoms with Crippen molar-refractivity contribution in [1.29, 1.82) is 0 Å². The second-order valence-electron chi connectivity index (χ2n) is 5.57. The quantitative estimate of drug-likeness (QED) is 0.683. The molecular weight excluding hydrogens is 367 g/mol. The van der Waals surface area contributed by atoms with E-state index < -0.39 is 24.6 Å². The number of hydrogen-bond donors (Lipinski definition) is 3. The van der Waals surface area contributed by atoms with Crippen LogP contribution in [0.4, 0.5) is 5.69 Å². The van der Waals surface area contributed by atoms with Crippen molar-refractivity contribution in [3.05, 3.63) is 50.8 Å². The molecule has 3 N–H and O–H groups in total. The van der Waals surface area contributed by atoms with Crippen LogP contribution in [-0.2, 0) is 9.53 Å². The number of aromatic nitrogens is 1. The summed E-state index contributed by atoms with van der Waals surface area (Å²) < 4.78 is 5.02. The summed E-state index contributed by atoms with van der Waals surface area (Å²) >= 11 is 11.9. The summed E-state index contributed by atoms with van der Waals surface area (Å²) in [7, 11) is 0. The predicted octanol–water partition coefficient (Wildman–Crippen LogP) is 3.79. The lowest BCUT2D eigenvalue weighted by atomic mass is 10.1. The zero-order valence-corrected chi connectivity index (χ0v) is 15.5. The van der Waals surface area contributed by atoms with Gasteiger partial charge in [0.2, 0.25) is 0 Å². The SMILES string of the molecule is Cc1[nH]c(C(=O)OCC(=O)Nc2cccc(Cl)c2Cl)c(C)c1[C@@H](C)O. The van der Waals surface area contributed by atoms with Crippen molar-refractivity contribution in [2.45, 2.75) is 26.9 Å². The Kier molecular flexibility index (Phi) is 6.11. The number of aliphatic hydroxyl groups is 1. The number of nitrogens with one attached hydrogen (secondary N) is 2. The maximum atomic E-state index is 12.2. The van der Waals surface area contributed by atoms with Gasteiger partial charge in [0.05, 0.1) is 21.8 Å². The first-order valence-corrected chi connectivity index (χ1v) is 8.26. The molecule has 0 saturated heterocycles. The summed E-state index contributed by atoms with van der Waals surface area (Å²) in [5, 5.41) is 12.8. The second kappa shape index (κ2) is 7.91. The molecule has 0 spiro atoms. The number of anilines is 1. The van der Waals surface area contributed by atoms with Crippen LogP contribution in [0.3, 0.4) is 0 Å². The highest BCUT2D eigenvalue weighted by Gasteiger charge is 2.21. The monoisotopic (exact) mass is 384 g/mol. The minimum Gasteiger partial charge on any atom is -0.451 e. The highest BCUT2D eigenvalue weighted by Crippen LogP contribution is 2.29. The highest BCUT2D eigenvalue weighted by molar-refractivity contribution is 6.44. The van der Waals surface area contributed by atoms with Crippen molar-refractivity contribution in [3.8, 4) is 0 Å². The van der Waals surface area contributed by atoms with Crippen molar-refractivity contribution in [2.75, 3.05) is 11.9 Å². The van der Waals surface area contributed by atoms with E-state index in [2.05, 4.69) is 10.3 Å². The van der Waals surface area contributed by atoms with Gasteiger partial charge in [-0.2, -0.15) is 0 Å². The van der Waals surface area contributed by atoms with Crippen LogP contribution in [0.15, 0.2) is 18.2 Å². The Bertz CT molecular complexity index is 815. The fraction of sp³-hybridized carbons (Fsp3) is 0.294. The van der Waals surface area contributed by atoms with Gasteiger partial charge in [-0.25, -0.2) is 4.79 Å². The third-order valence-electron chi connectivity index (χ3n) is 3.68. The number of aliphatic hydroxyl groups excluding tert-OH is 1. The molecule has 0 fully saturated rings. The highest BCUT2D eigenvalue weighted by atomic mass is 35.5. The number of ether oxygens (including phenoxy) is 1. The number of rotatable bonds is 5. The van der Waals surface area contributed by atoms with Gasteiger partial charge < -0.3 is 20.1 Å². The zero-order chi connectivity index (χ0) is 18.7. The Morgan fingerprint density at radius 3 is 2.60 bits per heavy atom. The molecule has 2 rings (SSSR count). The zero-order valence-electron chi connectivity index (χ0n) is 13.9. The number of carbonyl (C=O) groups excluding carboxylic acids is 2. The number of aromatic amines is 1. The molecule has 2 aromatic rings. The molecule has 0 aliphatic carbocycles. The van der Waals surface area contributed by atoms with E-state index in [1.54, 1.807) is 39.0 Å². The second-order valence-corrected chi connectivity index (χ2v) is 6.35. The molecule has 6 nitrogen and oxygen atoms in total. The molecule has 1 aromatic carbocycles. The average molecular weight is 385 g/mol. The van der Waals surface area contributed by atoms with E-state index in [9.17, 15) is 14.7 Å². The molecule has 1 atom stereocenters. The first-order chi connectivity index (χ1) is 11.7. The molecule has 1 amide bonds. The largest absolute Gasteiger partial charge is 0.451 e. The fourth-order valence-electron chi connectivity index (χ4n) is 2.59. The molecule has 0 aliphatic rings. The van der Waals surface area contributed by atoms with Crippen LogP contribution in [0.25, 0.3) is 0 Å². The van der Waals surface area contributed by atoms with E-state index in [4.69, 9.17) is 27.9 Å². The summed E-state index contributed by atoms with van der Waals surface area (Å²) in [6.07, 6.45) is -0.717. The molecule has 0 saturated carbocycles. The first kappa shape index (κ1) is 19.3. The molecule has 25 heavy (non-hydrogen) atoms. The Hall–Kier alpha value is -2.02. The van der Waals surface area contributed by atoms with Gasteiger partial charge in [0.1, 0.15) is 5.69 Å². The number of H-pyrrole nitrogens is 1. The molecular formula is C17H18Cl2N2O4. The lowest BCUT2D eigenvalue weighted by Gasteiger charge is -2.09. The minimum atomic E-state index is -0.717. The van der Waals surface area contributed by atoms with Crippen LogP contribution in [-0.4, -0.2) is 28.6 Å². The summed E-state index contributed by atoms with van der Waals surface area (Å²) in [4.78, 5) is 27.0. The summed E-state index contributed by atoms with van der Waals surface area (Å²) in [5.74, 6) is -1.23. The van der Waals surface area contributed by atoms with Crippen LogP contribution in [0.5, 0.6) is 0 Å². The van der Waals surface area contributed by atoms with Gasteiger partial charge in [0, 0.05) is 11.3 Å². The molecule has 8 heteroatoms. The Balaban J connectivity index is 2.02. The number of benzene rings is 1. The fourth-order valence-corrected chi connectivity index (χ4v) is 2.93. The number of hydrogen-bond acceptors (Lipinski definition) is 4. The van der Waals surface area contributed by atoms with Gasteiger partial charge in [0.15, 0.2) is 6.61 Å². The van der Waals surface area contributed by atoms with Gasteiger partial charge in [-0.15, -0.1) is 0 Å². The van der Waals surface area contributed by atoms with Crippen LogP contribution < -0.4 is 5.32 Å². The minimum absolute atomic E-state index is 0.209. The Labute approximate surface area is 155 Å². The van der Waals surface area contributed by atoms with Crippen molar-refractivity contribution in [1.82, 2.24) is 4.98 Å². The van der Waals surface area contributed by atoms with Crippen LogP contribution in [0.2, 0.25) is 10.0 Å². The van der Waals surface area contributed by atoms with Crippen LogP contribution in [0.1, 0.15) is 40.3 Å². The standard InChI is InChI=1S/C17H18Cl2N2O4/c1-8-14(10(3)22)9(2)20-16(8)17(24)25-7-13(23)21-12-6-4-5-11(18)15(12)19/h4-6,10,20,22H,7H2,1-3H3,(H,21,23)/t10-/m1/s1. The first-order valence-electron chi connectivity index (χ1n) is 7.50. The van der Waals surface area contributed by atoms with Crippen molar-refractivity contribution < 1.29 is 19.4 Å². The number of aryl methyl sites for hydroxylation is 1. The van der Waals surface area contributed by atoms with Crippen molar-refractivity contribution in [3.63, 3.8) is 0 Å². The van der Waals surface area contributed by atoms with Crippen LogP contribution >= 0.6 is 23.2 Å². The van der Waals surface area contributed by atoms with E-state index in [0.29, 0.717) is 27.5 Å². The number of carbonyl (C=O) groups is 2. The third kappa shape index (κ3) is 4.34.